The van der Waals surface area contributed by atoms with Crippen LogP contribution in [-0.2, 0) is 16.0 Å². The number of benzene rings is 1. The highest BCUT2D eigenvalue weighted by Crippen LogP contribution is 2.03. The lowest BCUT2D eigenvalue weighted by Gasteiger charge is -2.16. The summed E-state index contributed by atoms with van der Waals surface area (Å²) >= 11 is 0. The van der Waals surface area contributed by atoms with Crippen molar-refractivity contribution in [1.29, 1.82) is 0 Å². The highest BCUT2D eigenvalue weighted by Gasteiger charge is 2.17. The fraction of sp³-hybridized carbons (Fsp3) is 0.467. The fourth-order valence-corrected chi connectivity index (χ4v) is 1.93. The SMILES string of the molecule is NCCCCC(C=O)NC(=O)C(N)Cc1ccccc1. The molecule has 1 aromatic rings. The molecule has 0 aliphatic rings. The van der Waals surface area contributed by atoms with Gasteiger partial charge in [-0.2, -0.15) is 0 Å². The molecule has 0 saturated carbocycles. The van der Waals surface area contributed by atoms with Crippen LogP contribution in [0.4, 0.5) is 0 Å². The Bertz CT molecular complexity index is 409. The van der Waals surface area contributed by atoms with Crippen molar-refractivity contribution in [3.63, 3.8) is 0 Å². The molecule has 20 heavy (non-hydrogen) atoms. The highest BCUT2D eigenvalue weighted by atomic mass is 16.2. The summed E-state index contributed by atoms with van der Waals surface area (Å²) in [6.07, 6.45) is 3.47. The lowest BCUT2D eigenvalue weighted by molar-refractivity contribution is -0.125. The standard InChI is InChI=1S/C15H23N3O2/c16-9-5-4-8-13(11-19)18-15(20)14(17)10-12-6-2-1-3-7-12/h1-3,6-7,11,13-14H,4-5,8-10,16-17H2,(H,18,20). The molecule has 5 heteroatoms. The Hall–Kier alpha value is -1.72. The molecule has 0 bridgehead atoms. The number of hydrogen-bond acceptors (Lipinski definition) is 4. The minimum atomic E-state index is -0.644. The van der Waals surface area contributed by atoms with Gasteiger partial charge in [0.1, 0.15) is 6.29 Å². The summed E-state index contributed by atoms with van der Waals surface area (Å²) in [5.74, 6) is -0.293. The first-order chi connectivity index (χ1) is 9.67. The zero-order valence-electron chi connectivity index (χ0n) is 11.6. The normalized spacial score (nSPS) is 13.5. The molecular formula is C15H23N3O2. The van der Waals surface area contributed by atoms with Crippen molar-refractivity contribution in [2.75, 3.05) is 6.54 Å². The van der Waals surface area contributed by atoms with Crippen LogP contribution in [-0.4, -0.2) is 30.8 Å². The molecule has 0 heterocycles. The van der Waals surface area contributed by atoms with E-state index in [-0.39, 0.29) is 5.91 Å². The van der Waals surface area contributed by atoms with Crippen LogP contribution in [0, 0.1) is 0 Å². The molecule has 0 fully saturated rings. The van der Waals surface area contributed by atoms with Gasteiger partial charge >= 0.3 is 0 Å². The Morgan fingerprint density at radius 2 is 1.95 bits per heavy atom. The van der Waals surface area contributed by atoms with E-state index < -0.39 is 12.1 Å². The van der Waals surface area contributed by atoms with Gasteiger partial charge in [-0.3, -0.25) is 4.79 Å². The molecule has 2 atom stereocenters. The summed E-state index contributed by atoms with van der Waals surface area (Å²) in [7, 11) is 0. The van der Waals surface area contributed by atoms with Gasteiger partial charge in [-0.1, -0.05) is 30.3 Å². The quantitative estimate of drug-likeness (QED) is 0.448. The monoisotopic (exact) mass is 277 g/mol. The van der Waals surface area contributed by atoms with Crippen LogP contribution in [0.5, 0.6) is 0 Å². The molecule has 5 N–H and O–H groups in total. The predicted molar refractivity (Wildman–Crippen MR) is 79.0 cm³/mol. The molecule has 0 radical (unpaired) electrons. The average molecular weight is 277 g/mol. The molecule has 0 saturated heterocycles. The Morgan fingerprint density at radius 1 is 1.25 bits per heavy atom. The topological polar surface area (TPSA) is 98.2 Å². The predicted octanol–water partition coefficient (Wildman–Crippen LogP) is 0.369. The molecule has 2 unspecified atom stereocenters. The highest BCUT2D eigenvalue weighted by molar-refractivity contribution is 5.84. The number of carbonyl (C=O) groups excluding carboxylic acids is 2. The average Bonchev–Trinajstić information content (AvgIpc) is 2.47. The summed E-state index contributed by atoms with van der Waals surface area (Å²) in [6.45, 7) is 0.590. The number of aldehydes is 1. The van der Waals surface area contributed by atoms with Gasteiger partial charge in [-0.25, -0.2) is 0 Å². The Kier molecular flexibility index (Phi) is 7.54. The Labute approximate surface area is 119 Å². The summed E-state index contributed by atoms with van der Waals surface area (Å²) in [5, 5.41) is 2.67. The summed E-state index contributed by atoms with van der Waals surface area (Å²) in [5.41, 5.74) is 12.3. The van der Waals surface area contributed by atoms with E-state index in [1.54, 1.807) is 0 Å². The van der Waals surface area contributed by atoms with Crippen molar-refractivity contribution in [2.24, 2.45) is 11.5 Å². The lowest BCUT2D eigenvalue weighted by atomic mass is 10.1. The van der Waals surface area contributed by atoms with Crippen molar-refractivity contribution in [1.82, 2.24) is 5.32 Å². The Balaban J connectivity index is 2.41. The number of unbranched alkanes of at least 4 members (excludes halogenated alkanes) is 1. The van der Waals surface area contributed by atoms with Gasteiger partial charge in [-0.15, -0.1) is 0 Å². The molecule has 5 nitrogen and oxygen atoms in total. The molecule has 0 spiro atoms. The van der Waals surface area contributed by atoms with Crippen LogP contribution in [0.15, 0.2) is 30.3 Å². The van der Waals surface area contributed by atoms with E-state index in [4.69, 9.17) is 11.5 Å². The van der Waals surface area contributed by atoms with E-state index in [1.807, 2.05) is 30.3 Å². The summed E-state index contributed by atoms with van der Waals surface area (Å²) < 4.78 is 0. The number of rotatable bonds is 9. The summed E-state index contributed by atoms with van der Waals surface area (Å²) in [6, 6.07) is 8.44. The third-order valence-electron chi connectivity index (χ3n) is 3.10. The lowest BCUT2D eigenvalue weighted by Crippen LogP contribution is -2.47. The van der Waals surface area contributed by atoms with Gasteiger partial charge in [0.15, 0.2) is 0 Å². The molecule has 1 rings (SSSR count). The Morgan fingerprint density at radius 3 is 2.55 bits per heavy atom. The first-order valence-corrected chi connectivity index (χ1v) is 6.92. The van der Waals surface area contributed by atoms with Crippen LogP contribution >= 0.6 is 0 Å². The maximum atomic E-state index is 11.9. The van der Waals surface area contributed by atoms with Crippen molar-refractivity contribution in [3.8, 4) is 0 Å². The molecule has 0 aromatic heterocycles. The second-order valence-electron chi connectivity index (χ2n) is 4.83. The largest absolute Gasteiger partial charge is 0.345 e. The van der Waals surface area contributed by atoms with E-state index in [2.05, 4.69) is 5.32 Å². The third-order valence-corrected chi connectivity index (χ3v) is 3.10. The van der Waals surface area contributed by atoms with Gasteiger partial charge in [0.05, 0.1) is 12.1 Å². The van der Waals surface area contributed by atoms with Crippen molar-refractivity contribution >= 4 is 12.2 Å². The smallest absolute Gasteiger partial charge is 0.237 e. The van der Waals surface area contributed by atoms with Gasteiger partial charge in [0, 0.05) is 0 Å². The van der Waals surface area contributed by atoms with Crippen LogP contribution in [0.25, 0.3) is 0 Å². The first-order valence-electron chi connectivity index (χ1n) is 6.92. The van der Waals surface area contributed by atoms with Crippen molar-refractivity contribution in [2.45, 2.75) is 37.8 Å². The molecular weight excluding hydrogens is 254 g/mol. The van der Waals surface area contributed by atoms with E-state index in [0.717, 1.165) is 24.7 Å². The van der Waals surface area contributed by atoms with Crippen LogP contribution in [0.2, 0.25) is 0 Å². The van der Waals surface area contributed by atoms with Gasteiger partial charge in [-0.05, 0) is 37.8 Å². The van der Waals surface area contributed by atoms with E-state index in [0.29, 0.717) is 19.4 Å². The van der Waals surface area contributed by atoms with Crippen molar-refractivity contribution in [3.05, 3.63) is 35.9 Å². The second kappa shape index (κ2) is 9.23. The van der Waals surface area contributed by atoms with Crippen LogP contribution < -0.4 is 16.8 Å². The molecule has 1 aromatic carbocycles. The number of nitrogens with one attached hydrogen (secondary N) is 1. The minimum absolute atomic E-state index is 0.293. The molecule has 0 aliphatic heterocycles. The molecule has 110 valence electrons. The van der Waals surface area contributed by atoms with E-state index in [9.17, 15) is 9.59 Å². The maximum absolute atomic E-state index is 11.9. The number of carbonyl (C=O) groups is 2. The van der Waals surface area contributed by atoms with Gasteiger partial charge < -0.3 is 21.6 Å². The minimum Gasteiger partial charge on any atom is -0.345 e. The third kappa shape index (κ3) is 5.95. The fourth-order valence-electron chi connectivity index (χ4n) is 1.93. The zero-order chi connectivity index (χ0) is 14.8. The molecule has 1 amide bonds. The van der Waals surface area contributed by atoms with Crippen LogP contribution in [0.3, 0.4) is 0 Å². The number of amides is 1. The second-order valence-corrected chi connectivity index (χ2v) is 4.83. The van der Waals surface area contributed by atoms with Crippen LogP contribution in [0.1, 0.15) is 24.8 Å². The maximum Gasteiger partial charge on any atom is 0.237 e. The summed E-state index contributed by atoms with van der Waals surface area (Å²) in [4.78, 5) is 22.9. The number of hydrogen-bond donors (Lipinski definition) is 3. The first kappa shape index (κ1) is 16.3. The van der Waals surface area contributed by atoms with Gasteiger partial charge in [0.2, 0.25) is 5.91 Å². The number of nitrogens with two attached hydrogens (primary N) is 2. The van der Waals surface area contributed by atoms with E-state index >= 15 is 0 Å². The zero-order valence-corrected chi connectivity index (χ0v) is 11.6. The van der Waals surface area contributed by atoms with Crippen molar-refractivity contribution < 1.29 is 9.59 Å². The molecule has 0 aliphatic carbocycles. The van der Waals surface area contributed by atoms with E-state index in [1.165, 1.54) is 0 Å². The van der Waals surface area contributed by atoms with Gasteiger partial charge in [0.25, 0.3) is 0 Å².